The van der Waals surface area contributed by atoms with Crippen molar-refractivity contribution >= 4 is 22.6 Å². The van der Waals surface area contributed by atoms with E-state index in [1.54, 1.807) is 6.07 Å². The van der Waals surface area contributed by atoms with E-state index >= 15 is 0 Å². The number of carbonyl (C=O) groups excluding carboxylic acids is 1. The summed E-state index contributed by atoms with van der Waals surface area (Å²) < 4.78 is 56.9. The first kappa shape index (κ1) is 16.7. The minimum atomic E-state index is -3.03. The Morgan fingerprint density at radius 2 is 1.92 bits per heavy atom. The monoisotopic (exact) mass is 353 g/mol. The van der Waals surface area contributed by atoms with Gasteiger partial charge in [-0.15, -0.1) is 0 Å². The SMILES string of the molecule is O=C(Cn1cnc2cc(F)c(F)cc21)Nc1ccccc1OC(F)F. The topological polar surface area (TPSA) is 56.2 Å². The van der Waals surface area contributed by atoms with Crippen molar-refractivity contribution in [3.8, 4) is 5.75 Å². The van der Waals surface area contributed by atoms with Crippen molar-refractivity contribution in [2.75, 3.05) is 5.32 Å². The summed E-state index contributed by atoms with van der Waals surface area (Å²) in [5.74, 6) is -2.87. The number of amides is 1. The van der Waals surface area contributed by atoms with Crippen LogP contribution < -0.4 is 10.1 Å². The molecular formula is C16H11F4N3O2. The molecule has 9 heteroatoms. The third kappa shape index (κ3) is 3.70. The summed E-state index contributed by atoms with van der Waals surface area (Å²) in [4.78, 5) is 16.0. The summed E-state index contributed by atoms with van der Waals surface area (Å²) in [5, 5.41) is 2.43. The van der Waals surface area contributed by atoms with E-state index in [4.69, 9.17) is 0 Å². The number of nitrogens with one attached hydrogen (secondary N) is 1. The number of aromatic nitrogens is 2. The fraction of sp³-hybridized carbons (Fsp3) is 0.125. The molecule has 3 rings (SSSR count). The van der Waals surface area contributed by atoms with E-state index in [0.29, 0.717) is 0 Å². The first-order valence-corrected chi connectivity index (χ1v) is 7.07. The van der Waals surface area contributed by atoms with E-state index < -0.39 is 24.2 Å². The zero-order chi connectivity index (χ0) is 18.0. The van der Waals surface area contributed by atoms with E-state index in [1.165, 1.54) is 29.1 Å². The Bertz CT molecular complexity index is 927. The minimum Gasteiger partial charge on any atom is -0.433 e. The van der Waals surface area contributed by atoms with Gasteiger partial charge in [0.25, 0.3) is 0 Å². The highest BCUT2D eigenvalue weighted by atomic mass is 19.3. The van der Waals surface area contributed by atoms with Gasteiger partial charge in [-0.05, 0) is 12.1 Å². The van der Waals surface area contributed by atoms with Crippen molar-refractivity contribution in [2.24, 2.45) is 0 Å². The van der Waals surface area contributed by atoms with Gasteiger partial charge in [0.1, 0.15) is 12.3 Å². The van der Waals surface area contributed by atoms with E-state index in [-0.39, 0.29) is 29.0 Å². The van der Waals surface area contributed by atoms with Gasteiger partial charge in [0.15, 0.2) is 11.6 Å². The fourth-order valence-corrected chi connectivity index (χ4v) is 2.29. The van der Waals surface area contributed by atoms with Crippen LogP contribution in [-0.4, -0.2) is 22.1 Å². The molecule has 0 spiro atoms. The maximum absolute atomic E-state index is 13.4. The maximum atomic E-state index is 13.4. The molecule has 0 bridgehead atoms. The van der Waals surface area contributed by atoms with Crippen molar-refractivity contribution < 1.29 is 27.1 Å². The Hall–Kier alpha value is -3.10. The summed E-state index contributed by atoms with van der Waals surface area (Å²) in [7, 11) is 0. The number of alkyl halides is 2. The van der Waals surface area contributed by atoms with Gasteiger partial charge >= 0.3 is 6.61 Å². The Labute approximate surface area is 138 Å². The molecule has 5 nitrogen and oxygen atoms in total. The van der Waals surface area contributed by atoms with Crippen LogP contribution >= 0.6 is 0 Å². The number of hydrogen-bond acceptors (Lipinski definition) is 3. The van der Waals surface area contributed by atoms with Gasteiger partial charge in [0.2, 0.25) is 5.91 Å². The van der Waals surface area contributed by atoms with Crippen LogP contribution in [0.15, 0.2) is 42.7 Å². The molecular weight excluding hydrogens is 342 g/mol. The van der Waals surface area contributed by atoms with Crippen molar-refractivity contribution in [2.45, 2.75) is 13.2 Å². The van der Waals surface area contributed by atoms with Gasteiger partial charge in [0, 0.05) is 12.1 Å². The van der Waals surface area contributed by atoms with E-state index in [0.717, 1.165) is 12.1 Å². The first-order valence-electron chi connectivity index (χ1n) is 7.07. The molecule has 0 aliphatic heterocycles. The molecule has 2 aromatic carbocycles. The molecule has 25 heavy (non-hydrogen) atoms. The van der Waals surface area contributed by atoms with E-state index in [1.807, 2.05) is 0 Å². The number of ether oxygens (including phenoxy) is 1. The highest BCUT2D eigenvalue weighted by Crippen LogP contribution is 2.25. The van der Waals surface area contributed by atoms with E-state index in [9.17, 15) is 22.4 Å². The van der Waals surface area contributed by atoms with Gasteiger partial charge < -0.3 is 14.6 Å². The van der Waals surface area contributed by atoms with Crippen LogP contribution in [0.2, 0.25) is 0 Å². The van der Waals surface area contributed by atoms with Crippen LogP contribution in [0.4, 0.5) is 23.2 Å². The predicted molar refractivity (Wildman–Crippen MR) is 81.4 cm³/mol. The van der Waals surface area contributed by atoms with Crippen LogP contribution in [0, 0.1) is 11.6 Å². The van der Waals surface area contributed by atoms with Gasteiger partial charge in [-0.2, -0.15) is 8.78 Å². The Morgan fingerprint density at radius 3 is 2.68 bits per heavy atom. The molecule has 0 fully saturated rings. The lowest BCUT2D eigenvalue weighted by Crippen LogP contribution is -2.19. The number of nitrogens with zero attached hydrogens (tertiary/aromatic N) is 2. The molecule has 1 aromatic heterocycles. The van der Waals surface area contributed by atoms with Crippen LogP contribution in [0.25, 0.3) is 11.0 Å². The second kappa shape index (κ2) is 6.80. The molecule has 3 aromatic rings. The van der Waals surface area contributed by atoms with Crippen LogP contribution in [-0.2, 0) is 11.3 Å². The highest BCUT2D eigenvalue weighted by Gasteiger charge is 2.14. The second-order valence-electron chi connectivity index (χ2n) is 5.05. The minimum absolute atomic E-state index is 0.0643. The number of imidazole rings is 1. The quantitative estimate of drug-likeness (QED) is 0.714. The smallest absolute Gasteiger partial charge is 0.387 e. The third-order valence-electron chi connectivity index (χ3n) is 3.35. The lowest BCUT2D eigenvalue weighted by Gasteiger charge is -2.12. The average molecular weight is 353 g/mol. The summed E-state index contributed by atoms with van der Waals surface area (Å²) in [6.45, 7) is -3.31. The van der Waals surface area contributed by atoms with Crippen molar-refractivity contribution in [3.05, 3.63) is 54.4 Å². The molecule has 0 saturated carbocycles. The number of rotatable bonds is 5. The fourth-order valence-electron chi connectivity index (χ4n) is 2.29. The third-order valence-corrected chi connectivity index (χ3v) is 3.35. The zero-order valence-corrected chi connectivity index (χ0v) is 12.5. The molecule has 1 amide bonds. The Morgan fingerprint density at radius 1 is 1.20 bits per heavy atom. The second-order valence-corrected chi connectivity index (χ2v) is 5.05. The maximum Gasteiger partial charge on any atom is 0.387 e. The standard InChI is InChI=1S/C16H11F4N3O2/c17-9-5-12-13(6-10(9)18)23(8-21-12)7-15(24)22-11-3-1-2-4-14(11)25-16(19)20/h1-6,8,16H,7H2,(H,22,24). The lowest BCUT2D eigenvalue weighted by atomic mass is 10.3. The van der Waals surface area contributed by atoms with E-state index in [2.05, 4.69) is 15.0 Å². The number of para-hydroxylation sites is 2. The number of benzene rings is 2. The molecule has 130 valence electrons. The number of anilines is 1. The van der Waals surface area contributed by atoms with Crippen molar-refractivity contribution in [3.63, 3.8) is 0 Å². The van der Waals surface area contributed by atoms with Gasteiger partial charge in [-0.1, -0.05) is 12.1 Å². The lowest BCUT2D eigenvalue weighted by molar-refractivity contribution is -0.116. The number of hydrogen-bond donors (Lipinski definition) is 1. The Balaban J connectivity index is 1.79. The largest absolute Gasteiger partial charge is 0.433 e. The highest BCUT2D eigenvalue weighted by molar-refractivity contribution is 5.93. The van der Waals surface area contributed by atoms with Gasteiger partial charge in [-0.3, -0.25) is 4.79 Å². The Kier molecular flexibility index (Phi) is 4.55. The molecule has 0 aliphatic rings. The summed E-state index contributed by atoms with van der Waals surface area (Å²) in [6, 6.07) is 7.56. The van der Waals surface area contributed by atoms with Crippen LogP contribution in [0.3, 0.4) is 0 Å². The normalized spacial score (nSPS) is 11.1. The molecule has 0 radical (unpaired) electrons. The van der Waals surface area contributed by atoms with Gasteiger partial charge in [0.05, 0.1) is 23.0 Å². The summed E-state index contributed by atoms with van der Waals surface area (Å²) in [5.41, 5.74) is 0.480. The van der Waals surface area contributed by atoms with Gasteiger partial charge in [-0.25, -0.2) is 13.8 Å². The summed E-state index contributed by atoms with van der Waals surface area (Å²) in [6.07, 6.45) is 1.25. The average Bonchev–Trinajstić information content (AvgIpc) is 2.91. The molecule has 0 unspecified atom stereocenters. The summed E-state index contributed by atoms with van der Waals surface area (Å²) >= 11 is 0. The van der Waals surface area contributed by atoms with Crippen molar-refractivity contribution in [1.82, 2.24) is 9.55 Å². The predicted octanol–water partition coefficient (Wildman–Crippen LogP) is 3.55. The zero-order valence-electron chi connectivity index (χ0n) is 12.5. The molecule has 0 atom stereocenters. The molecule has 1 heterocycles. The van der Waals surface area contributed by atoms with Crippen LogP contribution in [0.5, 0.6) is 5.75 Å². The first-order chi connectivity index (χ1) is 11.9. The van der Waals surface area contributed by atoms with Crippen LogP contribution in [0.1, 0.15) is 0 Å². The molecule has 0 aliphatic carbocycles. The number of fused-ring (bicyclic) bond motifs is 1. The number of carbonyl (C=O) groups is 1. The number of halogens is 4. The van der Waals surface area contributed by atoms with Crippen molar-refractivity contribution in [1.29, 1.82) is 0 Å². The molecule has 0 saturated heterocycles. The molecule has 1 N–H and O–H groups in total.